The molecule has 7 heteroatoms. The van der Waals surface area contributed by atoms with Crippen molar-refractivity contribution in [3.63, 3.8) is 0 Å². The number of halogens is 2. The van der Waals surface area contributed by atoms with Gasteiger partial charge < -0.3 is 10.2 Å². The van der Waals surface area contributed by atoms with E-state index in [-0.39, 0.29) is 11.7 Å². The number of amides is 1. The van der Waals surface area contributed by atoms with Crippen LogP contribution in [0.2, 0.25) is 5.02 Å². The first-order chi connectivity index (χ1) is 10.5. The molecule has 1 atom stereocenters. The van der Waals surface area contributed by atoms with Crippen molar-refractivity contribution in [1.29, 1.82) is 0 Å². The molecule has 0 radical (unpaired) electrons. The maximum atomic E-state index is 12.9. The third-order valence-electron chi connectivity index (χ3n) is 4.47. The lowest BCUT2D eigenvalue weighted by atomic mass is 9.81. The molecule has 2 heterocycles. The Morgan fingerprint density at radius 1 is 1.36 bits per heavy atom. The maximum absolute atomic E-state index is 12.9. The second kappa shape index (κ2) is 5.92. The van der Waals surface area contributed by atoms with E-state index in [1.807, 2.05) is 0 Å². The zero-order valence-corrected chi connectivity index (χ0v) is 14.4. The average molecular weight is 388 g/mol. The fourth-order valence-corrected chi connectivity index (χ4v) is 3.99. The van der Waals surface area contributed by atoms with E-state index in [4.69, 9.17) is 16.4 Å². The summed E-state index contributed by atoms with van der Waals surface area (Å²) in [4.78, 5) is 30.5. The summed E-state index contributed by atoms with van der Waals surface area (Å²) in [5.74, 6) is -1.17. The van der Waals surface area contributed by atoms with Gasteiger partial charge >= 0.3 is 0 Å². The van der Waals surface area contributed by atoms with Gasteiger partial charge in [-0.2, -0.15) is 5.06 Å². The van der Waals surface area contributed by atoms with Gasteiger partial charge in [-0.25, -0.2) is 0 Å². The topological polar surface area (TPSA) is 58.6 Å². The van der Waals surface area contributed by atoms with E-state index >= 15 is 0 Å². The Labute approximate surface area is 142 Å². The predicted molar refractivity (Wildman–Crippen MR) is 85.6 cm³/mol. The van der Waals surface area contributed by atoms with Gasteiger partial charge in [-0.15, -0.1) is 0 Å². The summed E-state index contributed by atoms with van der Waals surface area (Å²) >= 11 is 9.55. The van der Waals surface area contributed by atoms with Crippen molar-refractivity contribution in [3.8, 4) is 0 Å². The second-order valence-corrected chi connectivity index (χ2v) is 6.97. The number of carbonyl (C=O) groups is 2. The molecule has 118 valence electrons. The number of nitrogens with zero attached hydrogens (tertiary/aromatic N) is 1. The van der Waals surface area contributed by atoms with Crippen LogP contribution in [0.3, 0.4) is 0 Å². The monoisotopic (exact) mass is 386 g/mol. The fraction of sp³-hybridized carbons (Fsp3) is 0.467. The quantitative estimate of drug-likeness (QED) is 0.791. The number of hydrogen-bond acceptors (Lipinski definition) is 4. The van der Waals surface area contributed by atoms with Crippen LogP contribution in [0.4, 0.5) is 0 Å². The van der Waals surface area contributed by atoms with Gasteiger partial charge in [0.15, 0.2) is 5.78 Å². The summed E-state index contributed by atoms with van der Waals surface area (Å²) < 4.78 is 0.815. The van der Waals surface area contributed by atoms with Gasteiger partial charge in [0.05, 0.1) is 7.11 Å². The lowest BCUT2D eigenvalue weighted by Crippen LogP contribution is -2.54. The maximum Gasteiger partial charge on any atom is 0.236 e. The van der Waals surface area contributed by atoms with E-state index in [1.54, 1.807) is 30.4 Å². The van der Waals surface area contributed by atoms with Crippen LogP contribution in [0.5, 0.6) is 0 Å². The van der Waals surface area contributed by atoms with Gasteiger partial charge in [0.1, 0.15) is 11.5 Å². The van der Waals surface area contributed by atoms with Crippen molar-refractivity contribution in [2.45, 2.75) is 24.3 Å². The van der Waals surface area contributed by atoms with E-state index in [9.17, 15) is 9.59 Å². The molecule has 0 saturated carbocycles. The van der Waals surface area contributed by atoms with Gasteiger partial charge in [0, 0.05) is 22.6 Å². The van der Waals surface area contributed by atoms with Crippen LogP contribution in [-0.4, -0.2) is 42.5 Å². The van der Waals surface area contributed by atoms with Crippen LogP contribution < -0.4 is 5.32 Å². The largest absolute Gasteiger partial charge is 0.343 e. The summed E-state index contributed by atoms with van der Waals surface area (Å²) in [5, 5.41) is 5.13. The van der Waals surface area contributed by atoms with Crippen molar-refractivity contribution in [1.82, 2.24) is 10.4 Å². The van der Waals surface area contributed by atoms with Crippen molar-refractivity contribution in [3.05, 3.63) is 33.3 Å². The number of rotatable bonds is 2. The average Bonchev–Trinajstić information content (AvgIpc) is 2.72. The van der Waals surface area contributed by atoms with Gasteiger partial charge in [-0.3, -0.25) is 9.59 Å². The Bertz CT molecular complexity index is 629. The molecule has 0 aromatic heterocycles. The number of piperidine rings is 1. The van der Waals surface area contributed by atoms with Crippen LogP contribution in [0.15, 0.2) is 22.7 Å². The number of Topliss-reactive ketones (excluding diaryl/α,β-unsaturated/α-hetero) is 1. The van der Waals surface area contributed by atoms with E-state index < -0.39 is 11.5 Å². The lowest BCUT2D eigenvalue weighted by molar-refractivity contribution is -0.156. The zero-order valence-electron chi connectivity index (χ0n) is 12.1. The van der Waals surface area contributed by atoms with Crippen molar-refractivity contribution in [2.75, 3.05) is 20.2 Å². The highest BCUT2D eigenvalue weighted by molar-refractivity contribution is 9.10. The molecule has 2 saturated heterocycles. The molecule has 3 rings (SSSR count). The fourth-order valence-electron chi connectivity index (χ4n) is 3.20. The molecule has 0 bridgehead atoms. The summed E-state index contributed by atoms with van der Waals surface area (Å²) in [6.07, 6.45) is 1.10. The Morgan fingerprint density at radius 3 is 2.64 bits per heavy atom. The van der Waals surface area contributed by atoms with Gasteiger partial charge in [-0.1, -0.05) is 33.6 Å². The minimum atomic E-state index is -0.824. The number of hydroxylamine groups is 2. The standard InChI is InChI=1S/C15H16BrClN2O3/c1-22-19-6-4-15(5-7-19)13(20)12(14(21)18-15)10-3-2-9(16)8-11(10)17/h2-3,8,12H,4-7H2,1H3,(H,18,21). The van der Waals surface area contributed by atoms with Crippen molar-refractivity contribution < 1.29 is 14.4 Å². The first kappa shape index (κ1) is 15.9. The summed E-state index contributed by atoms with van der Waals surface area (Å²) in [6, 6.07) is 5.23. The molecule has 1 N–H and O–H groups in total. The van der Waals surface area contributed by atoms with Crippen molar-refractivity contribution >= 4 is 39.2 Å². The van der Waals surface area contributed by atoms with E-state index in [2.05, 4.69) is 21.2 Å². The van der Waals surface area contributed by atoms with Gasteiger partial charge in [-0.05, 0) is 30.5 Å². The third-order valence-corrected chi connectivity index (χ3v) is 5.29. The summed E-state index contributed by atoms with van der Waals surface area (Å²) in [6.45, 7) is 1.23. The highest BCUT2D eigenvalue weighted by Gasteiger charge is 2.54. The molecule has 2 fully saturated rings. The van der Waals surface area contributed by atoms with Crippen LogP contribution >= 0.6 is 27.5 Å². The molecule has 1 aromatic rings. The molecular weight excluding hydrogens is 372 g/mol. The highest BCUT2D eigenvalue weighted by atomic mass is 79.9. The number of nitrogens with one attached hydrogen (secondary N) is 1. The van der Waals surface area contributed by atoms with E-state index in [1.165, 1.54) is 0 Å². The summed E-state index contributed by atoms with van der Waals surface area (Å²) in [7, 11) is 1.61. The minimum absolute atomic E-state index is 0.0857. The normalized spacial score (nSPS) is 24.8. The number of hydrogen-bond donors (Lipinski definition) is 1. The molecule has 2 aliphatic heterocycles. The molecule has 22 heavy (non-hydrogen) atoms. The minimum Gasteiger partial charge on any atom is -0.343 e. The molecule has 1 spiro atoms. The molecule has 1 aromatic carbocycles. The molecule has 1 amide bonds. The molecule has 0 aliphatic carbocycles. The first-order valence-corrected chi connectivity index (χ1v) is 8.24. The van der Waals surface area contributed by atoms with Gasteiger partial charge in [0.2, 0.25) is 5.91 Å². The summed E-state index contributed by atoms with van der Waals surface area (Å²) in [5.41, 5.74) is -0.217. The first-order valence-electron chi connectivity index (χ1n) is 7.07. The Balaban J connectivity index is 1.89. The Hall–Kier alpha value is -0.950. The zero-order chi connectivity index (χ0) is 15.9. The van der Waals surface area contributed by atoms with Crippen LogP contribution in [0.1, 0.15) is 24.3 Å². The van der Waals surface area contributed by atoms with E-state index in [0.29, 0.717) is 36.5 Å². The SMILES string of the molecule is CON1CCC2(CC1)NC(=O)C(c1ccc(Br)cc1Cl)C2=O. The lowest BCUT2D eigenvalue weighted by Gasteiger charge is -2.36. The highest BCUT2D eigenvalue weighted by Crippen LogP contribution is 2.39. The second-order valence-electron chi connectivity index (χ2n) is 5.65. The Kier molecular flexibility index (Phi) is 4.29. The molecule has 5 nitrogen and oxygen atoms in total. The third kappa shape index (κ3) is 2.58. The molecular formula is C15H16BrClN2O3. The number of ketones is 1. The van der Waals surface area contributed by atoms with Crippen LogP contribution in [0, 0.1) is 0 Å². The predicted octanol–water partition coefficient (Wildman–Crippen LogP) is 2.28. The van der Waals surface area contributed by atoms with E-state index in [0.717, 1.165) is 4.47 Å². The molecule has 2 aliphatic rings. The smallest absolute Gasteiger partial charge is 0.236 e. The van der Waals surface area contributed by atoms with Crippen LogP contribution in [-0.2, 0) is 14.4 Å². The number of benzene rings is 1. The Morgan fingerprint density at radius 2 is 2.05 bits per heavy atom. The molecule has 1 unspecified atom stereocenters. The number of carbonyl (C=O) groups excluding carboxylic acids is 2. The van der Waals surface area contributed by atoms with Crippen molar-refractivity contribution in [2.24, 2.45) is 0 Å². The van der Waals surface area contributed by atoms with Crippen LogP contribution in [0.25, 0.3) is 0 Å². The van der Waals surface area contributed by atoms with Gasteiger partial charge in [0.25, 0.3) is 0 Å².